The van der Waals surface area contributed by atoms with Crippen LogP contribution in [-0.2, 0) is 0 Å². The fourth-order valence-electron chi connectivity index (χ4n) is 1.71. The fourth-order valence-corrected chi connectivity index (χ4v) is 1.71. The van der Waals surface area contributed by atoms with Crippen molar-refractivity contribution < 1.29 is 18.0 Å². The van der Waals surface area contributed by atoms with E-state index >= 15 is 0 Å². The summed E-state index contributed by atoms with van der Waals surface area (Å²) < 4.78 is 37.6. The molecule has 2 N–H and O–H groups in total. The lowest BCUT2D eigenvalue weighted by atomic mass is 10.1. The molecule has 0 radical (unpaired) electrons. The van der Waals surface area contributed by atoms with Crippen molar-refractivity contribution in [1.29, 1.82) is 0 Å². The van der Waals surface area contributed by atoms with E-state index in [0.717, 1.165) is 4.90 Å². The Kier molecular flexibility index (Phi) is 6.18. The highest BCUT2D eigenvalue weighted by Crippen LogP contribution is 2.18. The predicted molar refractivity (Wildman–Crippen MR) is 72.4 cm³/mol. The number of nitrogens with two attached hydrogens (primary N) is 1. The van der Waals surface area contributed by atoms with Gasteiger partial charge < -0.3 is 10.6 Å². The average Bonchev–Trinajstić information content (AvgIpc) is 2.43. The zero-order chi connectivity index (χ0) is 15.9. The van der Waals surface area contributed by atoms with Gasteiger partial charge in [-0.2, -0.15) is 13.2 Å². The second kappa shape index (κ2) is 7.64. The maximum Gasteiger partial charge on any atom is 0.406 e. The molecule has 0 saturated heterocycles. The predicted octanol–water partition coefficient (Wildman–Crippen LogP) is 1.81. The van der Waals surface area contributed by atoms with Gasteiger partial charge in [0.2, 0.25) is 0 Å². The summed E-state index contributed by atoms with van der Waals surface area (Å²) in [5, 5.41) is 0. The summed E-state index contributed by atoms with van der Waals surface area (Å²) >= 11 is 0. The Bertz CT molecular complexity index is 546. The summed E-state index contributed by atoms with van der Waals surface area (Å²) in [6, 6.07) is 3.09. The quantitative estimate of drug-likeness (QED) is 0.863. The van der Waals surface area contributed by atoms with Gasteiger partial charge in [-0.05, 0) is 18.6 Å². The van der Waals surface area contributed by atoms with Crippen molar-refractivity contribution in [3.05, 3.63) is 29.6 Å². The largest absolute Gasteiger partial charge is 0.406 e. The number of halogens is 3. The van der Waals surface area contributed by atoms with Crippen LogP contribution in [0.1, 0.15) is 29.4 Å². The lowest BCUT2D eigenvalue weighted by molar-refractivity contribution is -0.140. The van der Waals surface area contributed by atoms with Gasteiger partial charge in [-0.3, -0.25) is 4.79 Å². The molecule has 7 heteroatoms. The zero-order valence-corrected chi connectivity index (χ0v) is 11.6. The molecule has 4 nitrogen and oxygen atoms in total. The minimum atomic E-state index is -4.46. The van der Waals surface area contributed by atoms with Crippen LogP contribution in [0.3, 0.4) is 0 Å². The number of carbonyl (C=O) groups excluding carboxylic acids is 1. The molecule has 1 aromatic heterocycles. The lowest BCUT2D eigenvalue weighted by Crippen LogP contribution is -2.40. The molecule has 1 amide bonds. The number of amides is 1. The summed E-state index contributed by atoms with van der Waals surface area (Å²) in [5.41, 5.74) is 5.44. The van der Waals surface area contributed by atoms with Crippen molar-refractivity contribution in [2.45, 2.75) is 19.5 Å². The number of alkyl halides is 3. The topological polar surface area (TPSA) is 59.2 Å². The third-order valence-electron chi connectivity index (χ3n) is 2.49. The molecule has 0 aliphatic heterocycles. The number of nitrogens with zero attached hydrogens (tertiary/aromatic N) is 2. The van der Waals surface area contributed by atoms with Crippen LogP contribution >= 0.6 is 0 Å². The first-order valence-electron chi connectivity index (χ1n) is 6.39. The minimum absolute atomic E-state index is 0.00131. The van der Waals surface area contributed by atoms with E-state index in [1.54, 1.807) is 13.0 Å². The maximum atomic E-state index is 12.5. The van der Waals surface area contributed by atoms with E-state index in [1.807, 2.05) is 0 Å². The number of rotatable bonds is 4. The Balaban J connectivity index is 3.09. The van der Waals surface area contributed by atoms with Crippen LogP contribution in [0.15, 0.2) is 18.3 Å². The van der Waals surface area contributed by atoms with Crippen molar-refractivity contribution in [3.8, 4) is 11.8 Å². The Labute approximate surface area is 121 Å². The second-order valence-corrected chi connectivity index (χ2v) is 4.25. The van der Waals surface area contributed by atoms with E-state index in [9.17, 15) is 18.0 Å². The molecule has 21 heavy (non-hydrogen) atoms. The first-order valence-corrected chi connectivity index (χ1v) is 6.39. The van der Waals surface area contributed by atoms with E-state index in [-0.39, 0.29) is 24.3 Å². The first kappa shape index (κ1) is 17.0. The Morgan fingerprint density at radius 3 is 2.76 bits per heavy atom. The van der Waals surface area contributed by atoms with E-state index in [2.05, 4.69) is 16.8 Å². The van der Waals surface area contributed by atoms with Crippen LogP contribution in [0.2, 0.25) is 0 Å². The molecule has 1 heterocycles. The molecule has 0 fully saturated rings. The highest BCUT2D eigenvalue weighted by atomic mass is 19.4. The van der Waals surface area contributed by atoms with Crippen LogP contribution < -0.4 is 5.73 Å². The molecule has 0 atom stereocenters. The molecule has 0 aliphatic rings. The molecule has 1 rings (SSSR count). The summed E-state index contributed by atoms with van der Waals surface area (Å²) in [6.45, 7) is 0.479. The van der Waals surface area contributed by atoms with Crippen molar-refractivity contribution in [3.63, 3.8) is 0 Å². The molecule has 0 unspecified atom stereocenters. The number of carbonyl (C=O) groups is 1. The maximum absolute atomic E-state index is 12.5. The van der Waals surface area contributed by atoms with Crippen molar-refractivity contribution >= 4 is 5.91 Å². The smallest absolute Gasteiger partial charge is 0.328 e. The van der Waals surface area contributed by atoms with Gasteiger partial charge in [-0.1, -0.05) is 18.8 Å². The number of hydrogen-bond acceptors (Lipinski definition) is 3. The average molecular weight is 299 g/mol. The van der Waals surface area contributed by atoms with Crippen LogP contribution in [0.25, 0.3) is 0 Å². The summed E-state index contributed by atoms with van der Waals surface area (Å²) in [6.07, 6.45) is -2.69. The van der Waals surface area contributed by atoms with Gasteiger partial charge in [0.1, 0.15) is 12.2 Å². The lowest BCUT2D eigenvalue weighted by Gasteiger charge is -2.23. The van der Waals surface area contributed by atoms with Gasteiger partial charge in [0, 0.05) is 12.7 Å². The van der Waals surface area contributed by atoms with Crippen molar-refractivity contribution in [1.82, 2.24) is 9.88 Å². The monoisotopic (exact) mass is 299 g/mol. The van der Waals surface area contributed by atoms with Gasteiger partial charge in [0.15, 0.2) is 0 Å². The standard InChI is InChI=1S/C14H16F3N3O/c1-2-9-20(10-14(15,16)17)13(21)12-11(5-3-7-18)6-4-8-19-12/h4,6,8H,2,7,9-10,18H2,1H3. The van der Waals surface area contributed by atoms with E-state index in [1.165, 1.54) is 12.3 Å². The SMILES string of the molecule is CCCN(CC(F)(F)F)C(=O)c1ncccc1C#CCN. The van der Waals surface area contributed by atoms with Crippen LogP contribution in [0, 0.1) is 11.8 Å². The van der Waals surface area contributed by atoms with Crippen LogP contribution in [0.5, 0.6) is 0 Å². The van der Waals surface area contributed by atoms with Crippen LogP contribution in [-0.4, -0.2) is 41.6 Å². The molecular formula is C14H16F3N3O. The molecule has 114 valence electrons. The zero-order valence-electron chi connectivity index (χ0n) is 11.6. The van der Waals surface area contributed by atoms with Crippen molar-refractivity contribution in [2.24, 2.45) is 5.73 Å². The molecule has 1 aromatic rings. The Hall–Kier alpha value is -2.07. The third-order valence-corrected chi connectivity index (χ3v) is 2.49. The Morgan fingerprint density at radius 2 is 2.19 bits per heavy atom. The molecular weight excluding hydrogens is 283 g/mol. The summed E-state index contributed by atoms with van der Waals surface area (Å²) in [7, 11) is 0. The van der Waals surface area contributed by atoms with Gasteiger partial charge >= 0.3 is 6.18 Å². The third kappa shape index (κ3) is 5.44. The van der Waals surface area contributed by atoms with Crippen molar-refractivity contribution in [2.75, 3.05) is 19.6 Å². The molecule has 0 saturated carbocycles. The summed E-state index contributed by atoms with van der Waals surface area (Å²) in [5.74, 6) is 4.43. The fraction of sp³-hybridized carbons (Fsp3) is 0.429. The van der Waals surface area contributed by atoms with Gasteiger partial charge in [-0.25, -0.2) is 4.98 Å². The van der Waals surface area contributed by atoms with E-state index in [0.29, 0.717) is 6.42 Å². The summed E-state index contributed by atoms with van der Waals surface area (Å²) in [4.78, 5) is 16.9. The van der Waals surface area contributed by atoms with E-state index < -0.39 is 18.6 Å². The number of pyridine rings is 1. The van der Waals surface area contributed by atoms with Gasteiger partial charge in [0.25, 0.3) is 5.91 Å². The molecule has 0 bridgehead atoms. The van der Waals surface area contributed by atoms with Crippen LogP contribution in [0.4, 0.5) is 13.2 Å². The second-order valence-electron chi connectivity index (χ2n) is 4.25. The highest BCUT2D eigenvalue weighted by molar-refractivity contribution is 5.94. The normalized spacial score (nSPS) is 10.7. The van der Waals surface area contributed by atoms with Gasteiger partial charge in [-0.15, -0.1) is 0 Å². The van der Waals surface area contributed by atoms with E-state index in [4.69, 9.17) is 5.73 Å². The van der Waals surface area contributed by atoms with Gasteiger partial charge in [0.05, 0.1) is 12.1 Å². The highest BCUT2D eigenvalue weighted by Gasteiger charge is 2.33. The molecule has 0 aliphatic carbocycles. The molecule has 0 aromatic carbocycles. The minimum Gasteiger partial charge on any atom is -0.328 e. The Morgan fingerprint density at radius 1 is 1.48 bits per heavy atom. The number of hydrogen-bond donors (Lipinski definition) is 1. The first-order chi connectivity index (χ1) is 9.89. The number of aromatic nitrogens is 1. The molecule has 0 spiro atoms.